The van der Waals surface area contributed by atoms with E-state index in [0.717, 1.165) is 36.1 Å². The fourth-order valence-corrected chi connectivity index (χ4v) is 5.11. The van der Waals surface area contributed by atoms with Crippen molar-refractivity contribution in [2.75, 3.05) is 39.8 Å². The van der Waals surface area contributed by atoms with E-state index in [-0.39, 0.29) is 17.3 Å². The number of likely N-dealkylation sites (N-methyl/N-ethyl adjacent to an activating group) is 1. The highest BCUT2D eigenvalue weighted by molar-refractivity contribution is 7.89. The number of rotatable bonds is 6. The van der Waals surface area contributed by atoms with Gasteiger partial charge < -0.3 is 4.90 Å². The first-order valence-electron chi connectivity index (χ1n) is 10.5. The van der Waals surface area contributed by atoms with Crippen molar-refractivity contribution in [3.63, 3.8) is 0 Å². The summed E-state index contributed by atoms with van der Waals surface area (Å²) in [6.07, 6.45) is 0. The molecular weight excluding hydrogens is 429 g/mol. The van der Waals surface area contributed by atoms with E-state index in [4.69, 9.17) is 0 Å². The average molecular weight is 456 g/mol. The zero-order valence-corrected chi connectivity index (χ0v) is 18.8. The zero-order valence-electron chi connectivity index (χ0n) is 17.9. The molecule has 8 heteroatoms. The molecule has 0 aromatic heterocycles. The maximum atomic E-state index is 13.1. The Morgan fingerprint density at radius 3 is 2.31 bits per heavy atom. The molecule has 3 aromatic carbocycles. The van der Waals surface area contributed by atoms with Gasteiger partial charge in [-0.1, -0.05) is 42.5 Å². The van der Waals surface area contributed by atoms with Gasteiger partial charge in [-0.05, 0) is 40.6 Å². The third-order valence-electron chi connectivity index (χ3n) is 5.88. The summed E-state index contributed by atoms with van der Waals surface area (Å²) in [5.74, 6) is -0.743. The van der Waals surface area contributed by atoms with E-state index in [1.165, 1.54) is 35.5 Å². The number of sulfonamides is 1. The first-order chi connectivity index (χ1) is 15.3. The summed E-state index contributed by atoms with van der Waals surface area (Å²) in [5, 5.41) is 2.45. The molecule has 0 unspecified atom stereocenters. The molecular formula is C24H26FN3O3S. The van der Waals surface area contributed by atoms with Crippen molar-refractivity contribution in [2.45, 2.75) is 11.4 Å². The van der Waals surface area contributed by atoms with Crippen LogP contribution in [0, 0.1) is 5.82 Å². The largest absolute Gasteiger partial charge is 0.339 e. The third-order valence-corrected chi connectivity index (χ3v) is 7.70. The van der Waals surface area contributed by atoms with E-state index < -0.39 is 15.8 Å². The Labute approximate surface area is 187 Å². The van der Waals surface area contributed by atoms with Gasteiger partial charge in [0.05, 0.1) is 11.4 Å². The van der Waals surface area contributed by atoms with Crippen LogP contribution in [0.15, 0.2) is 71.6 Å². The van der Waals surface area contributed by atoms with E-state index in [1.807, 2.05) is 12.1 Å². The van der Waals surface area contributed by atoms with Crippen LogP contribution in [-0.4, -0.2) is 68.2 Å². The lowest BCUT2D eigenvalue weighted by Crippen LogP contribution is -2.51. The number of amides is 1. The van der Waals surface area contributed by atoms with Crippen molar-refractivity contribution < 1.29 is 17.6 Å². The molecule has 0 spiro atoms. The van der Waals surface area contributed by atoms with Crippen LogP contribution in [0.5, 0.6) is 0 Å². The van der Waals surface area contributed by atoms with Gasteiger partial charge in [-0.3, -0.25) is 9.69 Å². The number of piperazine rings is 1. The number of benzene rings is 3. The third kappa shape index (κ3) is 4.82. The SMILES string of the molecule is CN(CC(=O)N1CCN(Cc2cccc3ccccc23)CC1)S(=O)(=O)c1ccc(F)cc1. The second-order valence-corrected chi connectivity index (χ2v) is 10.1. The fourth-order valence-electron chi connectivity index (χ4n) is 3.99. The van der Waals surface area contributed by atoms with Crippen molar-refractivity contribution >= 4 is 26.7 Å². The molecule has 1 saturated heterocycles. The second kappa shape index (κ2) is 9.36. The minimum atomic E-state index is -3.85. The minimum absolute atomic E-state index is 0.0332. The van der Waals surface area contributed by atoms with Gasteiger partial charge in [0, 0.05) is 39.8 Å². The topological polar surface area (TPSA) is 60.9 Å². The number of nitrogens with zero attached hydrogens (tertiary/aromatic N) is 3. The predicted octanol–water partition coefficient (Wildman–Crippen LogP) is 2.94. The Bertz CT molecular complexity index is 1200. The van der Waals surface area contributed by atoms with Crippen LogP contribution in [0.3, 0.4) is 0 Å². The van der Waals surface area contributed by atoms with Crippen LogP contribution in [-0.2, 0) is 21.4 Å². The van der Waals surface area contributed by atoms with Gasteiger partial charge in [-0.25, -0.2) is 12.8 Å². The summed E-state index contributed by atoms with van der Waals surface area (Å²) >= 11 is 0. The predicted molar refractivity (Wildman–Crippen MR) is 122 cm³/mol. The van der Waals surface area contributed by atoms with E-state index >= 15 is 0 Å². The van der Waals surface area contributed by atoms with Crippen molar-refractivity contribution in [2.24, 2.45) is 0 Å². The van der Waals surface area contributed by atoms with Gasteiger partial charge in [0.25, 0.3) is 0 Å². The lowest BCUT2D eigenvalue weighted by Gasteiger charge is -2.35. The summed E-state index contributed by atoms with van der Waals surface area (Å²) in [7, 11) is -2.48. The van der Waals surface area contributed by atoms with Crippen LogP contribution < -0.4 is 0 Å². The van der Waals surface area contributed by atoms with Gasteiger partial charge in [0.2, 0.25) is 15.9 Å². The fraction of sp³-hybridized carbons (Fsp3) is 0.292. The number of fused-ring (bicyclic) bond motifs is 1. The normalized spacial score (nSPS) is 15.4. The lowest BCUT2D eigenvalue weighted by molar-refractivity contribution is -0.133. The van der Waals surface area contributed by atoms with Crippen molar-refractivity contribution in [1.29, 1.82) is 0 Å². The molecule has 0 atom stereocenters. The molecule has 168 valence electrons. The Kier molecular flexibility index (Phi) is 6.55. The van der Waals surface area contributed by atoms with Crippen LogP contribution in [0.4, 0.5) is 4.39 Å². The van der Waals surface area contributed by atoms with E-state index in [2.05, 4.69) is 35.2 Å². The number of halogens is 1. The summed E-state index contributed by atoms with van der Waals surface area (Å²) in [6, 6.07) is 19.2. The molecule has 0 aliphatic carbocycles. The van der Waals surface area contributed by atoms with Gasteiger partial charge in [0.1, 0.15) is 5.82 Å². The summed E-state index contributed by atoms with van der Waals surface area (Å²) in [6.45, 7) is 3.11. The highest BCUT2D eigenvalue weighted by Gasteiger charge is 2.27. The van der Waals surface area contributed by atoms with Crippen LogP contribution in [0.25, 0.3) is 10.8 Å². The Balaban J connectivity index is 1.33. The molecule has 1 heterocycles. The van der Waals surface area contributed by atoms with Crippen LogP contribution >= 0.6 is 0 Å². The zero-order chi connectivity index (χ0) is 22.7. The van der Waals surface area contributed by atoms with Crippen molar-refractivity contribution in [3.8, 4) is 0 Å². The summed E-state index contributed by atoms with van der Waals surface area (Å²) in [5.41, 5.74) is 1.26. The monoisotopic (exact) mass is 455 g/mol. The molecule has 0 saturated carbocycles. The van der Waals surface area contributed by atoms with E-state index in [1.54, 1.807) is 4.90 Å². The maximum Gasteiger partial charge on any atom is 0.243 e. The lowest BCUT2D eigenvalue weighted by atomic mass is 10.0. The highest BCUT2D eigenvalue weighted by Crippen LogP contribution is 2.21. The molecule has 4 rings (SSSR count). The number of hydrogen-bond acceptors (Lipinski definition) is 4. The van der Waals surface area contributed by atoms with Crippen molar-refractivity contribution in [1.82, 2.24) is 14.1 Å². The minimum Gasteiger partial charge on any atom is -0.339 e. The smallest absolute Gasteiger partial charge is 0.243 e. The first kappa shape index (κ1) is 22.4. The van der Waals surface area contributed by atoms with Gasteiger partial charge >= 0.3 is 0 Å². The molecule has 1 amide bonds. The van der Waals surface area contributed by atoms with Crippen molar-refractivity contribution in [3.05, 3.63) is 78.1 Å². The Hall–Kier alpha value is -2.81. The number of hydrogen-bond donors (Lipinski definition) is 0. The van der Waals surface area contributed by atoms with Gasteiger partial charge in [-0.15, -0.1) is 0 Å². The Morgan fingerprint density at radius 1 is 0.938 bits per heavy atom. The highest BCUT2D eigenvalue weighted by atomic mass is 32.2. The molecule has 0 N–H and O–H groups in total. The first-order valence-corrected chi connectivity index (χ1v) is 12.0. The average Bonchev–Trinajstić information content (AvgIpc) is 2.80. The molecule has 6 nitrogen and oxygen atoms in total. The maximum absolute atomic E-state index is 13.1. The standard InChI is InChI=1S/C24H26FN3O3S/c1-26(32(30,31)22-11-9-21(25)10-12-22)18-24(29)28-15-13-27(14-16-28)17-20-7-4-6-19-5-2-3-8-23(19)20/h2-12H,13-18H2,1H3. The van der Waals surface area contributed by atoms with E-state index in [0.29, 0.717) is 13.1 Å². The second-order valence-electron chi connectivity index (χ2n) is 8.01. The molecule has 1 fully saturated rings. The van der Waals surface area contributed by atoms with Crippen LogP contribution in [0.2, 0.25) is 0 Å². The number of carbonyl (C=O) groups excluding carboxylic acids is 1. The molecule has 1 aliphatic rings. The molecule has 3 aromatic rings. The number of carbonyl (C=O) groups is 1. The Morgan fingerprint density at radius 2 is 1.59 bits per heavy atom. The summed E-state index contributed by atoms with van der Waals surface area (Å²) < 4.78 is 39.4. The molecule has 32 heavy (non-hydrogen) atoms. The van der Waals surface area contributed by atoms with Gasteiger partial charge in [0.15, 0.2) is 0 Å². The van der Waals surface area contributed by atoms with Crippen LogP contribution in [0.1, 0.15) is 5.56 Å². The van der Waals surface area contributed by atoms with E-state index in [9.17, 15) is 17.6 Å². The molecule has 0 radical (unpaired) electrons. The molecule has 0 bridgehead atoms. The van der Waals surface area contributed by atoms with Gasteiger partial charge in [-0.2, -0.15) is 4.31 Å². The summed E-state index contributed by atoms with van der Waals surface area (Å²) in [4.78, 5) is 16.7. The molecule has 1 aliphatic heterocycles. The quantitative estimate of drug-likeness (QED) is 0.574.